The number of hydrogen-bond acceptors (Lipinski definition) is 5. The van der Waals surface area contributed by atoms with Gasteiger partial charge in [0.05, 0.1) is 31.9 Å². The first kappa shape index (κ1) is 23.1. The van der Waals surface area contributed by atoms with Crippen molar-refractivity contribution in [1.29, 1.82) is 0 Å². The molecule has 0 spiro atoms. The van der Waals surface area contributed by atoms with E-state index in [2.05, 4.69) is 4.98 Å². The first-order chi connectivity index (χ1) is 16.5. The molecule has 8 nitrogen and oxygen atoms in total. The fraction of sp³-hybridized carbons (Fsp3) is 0.269. The summed E-state index contributed by atoms with van der Waals surface area (Å²) < 4.78 is 12.8. The summed E-state index contributed by atoms with van der Waals surface area (Å²) in [7, 11) is 1.53. The summed E-state index contributed by atoms with van der Waals surface area (Å²) in [6.07, 6.45) is 6.20. The van der Waals surface area contributed by atoms with Crippen LogP contribution in [0.1, 0.15) is 30.5 Å². The number of aliphatic hydroxyl groups excluding tert-OH is 1. The lowest BCUT2D eigenvalue weighted by atomic mass is 9.95. The van der Waals surface area contributed by atoms with Crippen LogP contribution in [0.4, 0.5) is 0 Å². The Kier molecular flexibility index (Phi) is 6.96. The minimum atomic E-state index is -0.710. The fourth-order valence-electron chi connectivity index (χ4n) is 4.18. The molecule has 0 bridgehead atoms. The van der Waals surface area contributed by atoms with Crippen LogP contribution in [0.15, 0.2) is 72.8 Å². The number of ketones is 1. The molecule has 1 saturated heterocycles. The Morgan fingerprint density at radius 3 is 2.62 bits per heavy atom. The van der Waals surface area contributed by atoms with Crippen LogP contribution in [-0.2, 0) is 16.1 Å². The smallest absolute Gasteiger partial charge is 0.295 e. The Hall–Kier alpha value is -4.07. The molecule has 3 aromatic rings. The number of aryl methyl sites for hydroxylation is 1. The zero-order valence-electron chi connectivity index (χ0n) is 19.2. The molecule has 0 radical (unpaired) electrons. The number of Topliss-reactive ketones (excluding diaryl/α,β-unsaturated/α-hetero) is 1. The number of aliphatic hydroxyl groups is 1. The molecule has 34 heavy (non-hydrogen) atoms. The van der Waals surface area contributed by atoms with Gasteiger partial charge in [0.15, 0.2) is 0 Å². The molecule has 0 aliphatic carbocycles. The molecule has 1 aliphatic rings. The maximum Gasteiger partial charge on any atom is 0.295 e. The molecule has 4 rings (SSSR count). The molecule has 1 amide bonds. The van der Waals surface area contributed by atoms with Crippen molar-refractivity contribution in [2.45, 2.75) is 25.9 Å². The van der Waals surface area contributed by atoms with E-state index < -0.39 is 17.7 Å². The van der Waals surface area contributed by atoms with Gasteiger partial charge in [-0.1, -0.05) is 24.3 Å². The van der Waals surface area contributed by atoms with Crippen molar-refractivity contribution in [3.05, 3.63) is 84.0 Å². The third-order valence-electron chi connectivity index (χ3n) is 5.81. The average molecular weight is 463 g/mol. The highest BCUT2D eigenvalue weighted by atomic mass is 16.5. The van der Waals surface area contributed by atoms with Gasteiger partial charge in [0, 0.05) is 18.5 Å². The largest absolute Gasteiger partial charge is 0.507 e. The lowest BCUT2D eigenvalue weighted by molar-refractivity contribution is -0.695. The summed E-state index contributed by atoms with van der Waals surface area (Å²) in [5.41, 5.74) is 1.20. The number of ether oxygens (including phenoxy) is 2. The number of aromatic amines is 1. The van der Waals surface area contributed by atoms with E-state index in [9.17, 15) is 14.7 Å². The monoisotopic (exact) mass is 462 g/mol. The third kappa shape index (κ3) is 4.66. The molecule has 1 fully saturated rings. The number of amides is 1. The summed E-state index contributed by atoms with van der Waals surface area (Å²) in [5.74, 6) is -0.311. The topological polar surface area (TPSA) is 95.7 Å². The third-order valence-corrected chi connectivity index (χ3v) is 5.81. The van der Waals surface area contributed by atoms with Crippen molar-refractivity contribution in [3.8, 4) is 11.5 Å². The second kappa shape index (κ2) is 10.2. The minimum Gasteiger partial charge on any atom is -0.507 e. The molecule has 2 aromatic carbocycles. The van der Waals surface area contributed by atoms with Gasteiger partial charge < -0.3 is 19.5 Å². The molecule has 2 N–H and O–H groups in total. The number of carbonyl (C=O) groups is 2. The number of H-pyrrole nitrogens is 1. The van der Waals surface area contributed by atoms with Crippen molar-refractivity contribution < 1.29 is 28.7 Å². The molecular weight excluding hydrogens is 434 g/mol. The van der Waals surface area contributed by atoms with Crippen LogP contribution >= 0.6 is 0 Å². The first-order valence-corrected chi connectivity index (χ1v) is 11.2. The Morgan fingerprint density at radius 2 is 1.94 bits per heavy atom. The number of likely N-dealkylation sites (tertiary alicyclic amines) is 1. The fourth-order valence-corrected chi connectivity index (χ4v) is 4.18. The summed E-state index contributed by atoms with van der Waals surface area (Å²) in [4.78, 5) is 30.8. The van der Waals surface area contributed by atoms with E-state index in [0.29, 0.717) is 43.2 Å². The van der Waals surface area contributed by atoms with Crippen LogP contribution in [0.5, 0.6) is 11.5 Å². The predicted molar refractivity (Wildman–Crippen MR) is 125 cm³/mol. The molecule has 8 heteroatoms. The maximum atomic E-state index is 13.2. The normalized spacial score (nSPS) is 17.2. The summed E-state index contributed by atoms with van der Waals surface area (Å²) in [5, 5.41) is 11.2. The van der Waals surface area contributed by atoms with E-state index in [1.54, 1.807) is 36.4 Å². The Balaban J connectivity index is 1.73. The number of nitrogens with zero attached hydrogens (tertiary/aromatic N) is 2. The van der Waals surface area contributed by atoms with E-state index in [1.165, 1.54) is 12.0 Å². The molecular formula is C26H28N3O5+. The van der Waals surface area contributed by atoms with Crippen molar-refractivity contribution in [3.63, 3.8) is 0 Å². The molecule has 1 atom stereocenters. The summed E-state index contributed by atoms with van der Waals surface area (Å²) in [6.45, 7) is 3.47. The van der Waals surface area contributed by atoms with Gasteiger partial charge >= 0.3 is 0 Å². The van der Waals surface area contributed by atoms with E-state index in [4.69, 9.17) is 9.47 Å². The molecule has 0 saturated carbocycles. The van der Waals surface area contributed by atoms with Gasteiger partial charge in [-0.3, -0.25) is 14.6 Å². The minimum absolute atomic E-state index is 0.0664. The van der Waals surface area contributed by atoms with Gasteiger partial charge in [0.25, 0.3) is 11.7 Å². The number of nitrogens with one attached hydrogen (secondary N) is 1. The van der Waals surface area contributed by atoms with E-state index in [-0.39, 0.29) is 11.3 Å². The lowest BCUT2D eigenvalue weighted by Gasteiger charge is -2.25. The number of rotatable bonds is 9. The number of benzene rings is 2. The van der Waals surface area contributed by atoms with Crippen LogP contribution < -0.4 is 14.0 Å². The summed E-state index contributed by atoms with van der Waals surface area (Å²) in [6, 6.07) is 13.4. The number of aromatic nitrogens is 2. The van der Waals surface area contributed by atoms with Gasteiger partial charge in [-0.2, -0.15) is 0 Å². The molecule has 2 heterocycles. The van der Waals surface area contributed by atoms with Crippen molar-refractivity contribution in [1.82, 2.24) is 9.88 Å². The molecule has 1 unspecified atom stereocenters. The SMILES string of the molecule is CCOc1ccc(C2C(=C(O)c3cccc(OC)c3)C(=O)C(=O)N2CCC[n+]2cc[nH]c2)cc1. The zero-order valence-corrected chi connectivity index (χ0v) is 19.2. The lowest BCUT2D eigenvalue weighted by Crippen LogP contribution is -2.36. The van der Waals surface area contributed by atoms with Crippen LogP contribution in [0.3, 0.4) is 0 Å². The average Bonchev–Trinajstić information content (AvgIpc) is 3.47. The Bertz CT molecular complexity index is 1190. The number of imidazole rings is 1. The number of carbonyl (C=O) groups excluding carboxylic acids is 2. The second-order valence-corrected chi connectivity index (χ2v) is 7.93. The Labute approximate surface area is 198 Å². The highest BCUT2D eigenvalue weighted by Crippen LogP contribution is 2.40. The van der Waals surface area contributed by atoms with Gasteiger partial charge in [-0.05, 0) is 36.8 Å². The molecule has 176 valence electrons. The zero-order chi connectivity index (χ0) is 24.1. The summed E-state index contributed by atoms with van der Waals surface area (Å²) >= 11 is 0. The predicted octanol–water partition coefficient (Wildman–Crippen LogP) is 3.22. The molecule has 1 aromatic heterocycles. The highest BCUT2D eigenvalue weighted by molar-refractivity contribution is 6.46. The highest BCUT2D eigenvalue weighted by Gasteiger charge is 2.45. The van der Waals surface area contributed by atoms with Crippen LogP contribution in [0.25, 0.3) is 5.76 Å². The van der Waals surface area contributed by atoms with Crippen LogP contribution in [0, 0.1) is 0 Å². The van der Waals surface area contributed by atoms with Crippen molar-refractivity contribution in [2.24, 2.45) is 0 Å². The first-order valence-electron chi connectivity index (χ1n) is 11.2. The van der Waals surface area contributed by atoms with Crippen LogP contribution in [0.2, 0.25) is 0 Å². The van der Waals surface area contributed by atoms with E-state index in [0.717, 1.165) is 5.56 Å². The number of methoxy groups -OCH3 is 1. The van der Waals surface area contributed by atoms with Crippen LogP contribution in [-0.4, -0.2) is 46.9 Å². The number of hydrogen-bond donors (Lipinski definition) is 2. The van der Waals surface area contributed by atoms with Gasteiger partial charge in [-0.25, -0.2) is 4.57 Å². The van der Waals surface area contributed by atoms with Gasteiger partial charge in [0.1, 0.15) is 29.7 Å². The molecule has 1 aliphatic heterocycles. The standard InChI is InChI=1S/C26H27N3O5/c1-3-34-20-10-8-18(9-11-20)23-22(24(30)19-6-4-7-21(16-19)33-2)25(31)26(32)29(23)14-5-13-28-15-12-27-17-28/h4,6-12,15-17,23H,3,5,13-14H2,1-2H3,(H,30,31)/p+1. The van der Waals surface area contributed by atoms with Gasteiger partial charge in [0.2, 0.25) is 6.33 Å². The van der Waals surface area contributed by atoms with E-state index in [1.807, 2.05) is 42.3 Å². The van der Waals surface area contributed by atoms with Gasteiger partial charge in [-0.15, -0.1) is 0 Å². The van der Waals surface area contributed by atoms with E-state index >= 15 is 0 Å². The maximum absolute atomic E-state index is 13.2. The van der Waals surface area contributed by atoms with Crippen molar-refractivity contribution in [2.75, 3.05) is 20.3 Å². The van der Waals surface area contributed by atoms with Crippen molar-refractivity contribution >= 4 is 17.4 Å². The quantitative estimate of drug-likeness (QED) is 0.220. The second-order valence-electron chi connectivity index (χ2n) is 7.93. The Morgan fingerprint density at radius 1 is 1.15 bits per heavy atom.